The fourth-order valence-corrected chi connectivity index (χ4v) is 4.80. The van der Waals surface area contributed by atoms with Gasteiger partial charge in [-0.3, -0.25) is 14.6 Å². The number of ketones is 1. The van der Waals surface area contributed by atoms with Gasteiger partial charge in [0.15, 0.2) is 5.78 Å². The Morgan fingerprint density at radius 2 is 1.88 bits per heavy atom. The molecule has 8 heteroatoms. The van der Waals surface area contributed by atoms with E-state index in [0.717, 1.165) is 34.6 Å². The average molecular weight is 484 g/mol. The summed E-state index contributed by atoms with van der Waals surface area (Å²) in [7, 11) is 0. The zero-order valence-electron chi connectivity index (χ0n) is 19.5. The first kappa shape index (κ1) is 23.9. The molecule has 0 fully saturated rings. The summed E-state index contributed by atoms with van der Waals surface area (Å²) >= 11 is 1.00. The van der Waals surface area contributed by atoms with E-state index in [9.17, 15) is 19.8 Å². The van der Waals surface area contributed by atoms with Crippen molar-refractivity contribution < 1.29 is 24.5 Å². The number of ether oxygens (including phenoxy) is 2. The molecule has 1 aliphatic heterocycles. The second kappa shape index (κ2) is 9.54. The largest absolute Gasteiger partial charge is 0.508 e. The van der Waals surface area contributed by atoms with Gasteiger partial charge in [-0.2, -0.15) is 0 Å². The Kier molecular flexibility index (Phi) is 6.70. The summed E-state index contributed by atoms with van der Waals surface area (Å²) in [6, 6.07) is 10.8. The molecule has 1 aliphatic rings. The number of phenols is 1. The van der Waals surface area contributed by atoms with Crippen molar-refractivity contribution in [2.45, 2.75) is 58.0 Å². The highest BCUT2D eigenvalue weighted by molar-refractivity contribution is 7.09. The van der Waals surface area contributed by atoms with Crippen molar-refractivity contribution in [1.29, 1.82) is 0 Å². The van der Waals surface area contributed by atoms with Gasteiger partial charge in [-0.1, -0.05) is 44.2 Å². The lowest BCUT2D eigenvalue weighted by molar-refractivity contribution is 0.0827. The fourth-order valence-electron chi connectivity index (χ4n) is 4.05. The molecule has 180 valence electrons. The first-order valence-electron chi connectivity index (χ1n) is 11.3. The molecule has 1 aromatic heterocycles. The van der Waals surface area contributed by atoms with E-state index in [-0.39, 0.29) is 40.2 Å². The van der Waals surface area contributed by atoms with E-state index in [0.29, 0.717) is 35.6 Å². The number of H-pyrrole nitrogens is 1. The van der Waals surface area contributed by atoms with Crippen LogP contribution in [0.3, 0.4) is 0 Å². The van der Waals surface area contributed by atoms with Gasteiger partial charge in [0, 0.05) is 18.4 Å². The number of aromatic amines is 1. The van der Waals surface area contributed by atoms with E-state index in [1.807, 2.05) is 45.0 Å². The minimum absolute atomic E-state index is 0.0167. The van der Waals surface area contributed by atoms with Gasteiger partial charge in [-0.25, -0.2) is 0 Å². The summed E-state index contributed by atoms with van der Waals surface area (Å²) in [5.41, 5.74) is 1.90. The second-order valence-corrected chi connectivity index (χ2v) is 10.6. The van der Waals surface area contributed by atoms with Crippen LogP contribution in [0.15, 0.2) is 41.2 Å². The normalized spacial score (nSPS) is 15.6. The van der Waals surface area contributed by atoms with Crippen LogP contribution in [0.1, 0.15) is 66.4 Å². The van der Waals surface area contributed by atoms with Crippen molar-refractivity contribution >= 4 is 17.1 Å². The quantitative estimate of drug-likeness (QED) is 0.411. The maximum Gasteiger partial charge on any atom is 0.307 e. The number of benzene rings is 2. The molecule has 1 atom stereocenters. The maximum atomic E-state index is 12.6. The Labute approximate surface area is 202 Å². The molecule has 0 spiro atoms. The maximum absolute atomic E-state index is 12.6. The number of Topliss-reactive ketones (excluding diaryl/α,β-unsaturated/α-hetero) is 1. The van der Waals surface area contributed by atoms with Crippen LogP contribution in [0.2, 0.25) is 0 Å². The standard InChI is InChI=1S/C26H29NO6S/c1-26(2,3)19-14-22-18(13-21(19)29)20(28)12-17(33-22)5-4-10-32-16-8-6-15(7-9-16)11-23-24(30)27-25(31)34-23/h6-9,13-14,17,29-30H,4-5,10-12H2,1-3H3,(H,27,31). The molecule has 0 saturated carbocycles. The van der Waals surface area contributed by atoms with Crippen LogP contribution in [0.25, 0.3) is 0 Å². The highest BCUT2D eigenvalue weighted by Gasteiger charge is 2.30. The number of nitrogens with one attached hydrogen (secondary N) is 1. The van der Waals surface area contributed by atoms with Gasteiger partial charge in [-0.15, -0.1) is 0 Å². The third-order valence-corrected chi connectivity index (χ3v) is 6.71. The Balaban J connectivity index is 1.29. The van der Waals surface area contributed by atoms with Gasteiger partial charge in [0.05, 0.1) is 17.0 Å². The van der Waals surface area contributed by atoms with Gasteiger partial charge < -0.3 is 19.7 Å². The van der Waals surface area contributed by atoms with Gasteiger partial charge in [0.2, 0.25) is 5.88 Å². The zero-order valence-corrected chi connectivity index (χ0v) is 20.3. The van der Waals surface area contributed by atoms with Crippen LogP contribution < -0.4 is 14.3 Å². The molecule has 2 aromatic carbocycles. The summed E-state index contributed by atoms with van der Waals surface area (Å²) < 4.78 is 11.9. The molecule has 3 aromatic rings. The first-order chi connectivity index (χ1) is 16.1. The van der Waals surface area contributed by atoms with Crippen molar-refractivity contribution in [3.05, 3.63) is 67.6 Å². The number of hydrogen-bond acceptors (Lipinski definition) is 7. The van der Waals surface area contributed by atoms with Crippen LogP contribution in [-0.2, 0) is 11.8 Å². The summed E-state index contributed by atoms with van der Waals surface area (Å²) in [6.45, 7) is 6.51. The molecule has 2 heterocycles. The van der Waals surface area contributed by atoms with Crippen molar-refractivity contribution in [1.82, 2.24) is 4.98 Å². The highest BCUT2D eigenvalue weighted by Crippen LogP contribution is 2.39. The van der Waals surface area contributed by atoms with Crippen LogP contribution in [0, 0.1) is 0 Å². The Morgan fingerprint density at radius 3 is 2.53 bits per heavy atom. The van der Waals surface area contributed by atoms with Gasteiger partial charge in [0.25, 0.3) is 0 Å². The Morgan fingerprint density at radius 1 is 1.15 bits per heavy atom. The Bertz CT molecular complexity index is 1240. The SMILES string of the molecule is CC(C)(C)c1cc2c(cc1O)C(=O)CC(CCCOc1ccc(Cc3sc(=O)[nH]c3O)cc1)O2. The predicted octanol–water partition coefficient (Wildman–Crippen LogP) is 4.93. The Hall–Kier alpha value is -3.26. The second-order valence-electron chi connectivity index (χ2n) is 9.58. The van der Waals surface area contributed by atoms with Crippen LogP contribution in [-0.4, -0.2) is 33.7 Å². The summed E-state index contributed by atoms with van der Waals surface area (Å²) in [6.07, 6.45) is 1.95. The van der Waals surface area contributed by atoms with Gasteiger partial charge in [-0.05, 0) is 48.1 Å². The van der Waals surface area contributed by atoms with Gasteiger partial charge >= 0.3 is 4.87 Å². The van der Waals surface area contributed by atoms with Gasteiger partial charge in [0.1, 0.15) is 23.4 Å². The summed E-state index contributed by atoms with van der Waals surface area (Å²) in [4.78, 5) is 26.6. The number of rotatable bonds is 7. The van der Waals surface area contributed by atoms with Crippen LogP contribution >= 0.6 is 11.3 Å². The molecular formula is C26H29NO6S. The highest BCUT2D eigenvalue weighted by atomic mass is 32.1. The van der Waals surface area contributed by atoms with Crippen molar-refractivity contribution in [3.8, 4) is 23.1 Å². The zero-order chi connectivity index (χ0) is 24.5. The number of aromatic nitrogens is 1. The third kappa shape index (κ3) is 5.44. The molecule has 3 N–H and O–H groups in total. The lowest BCUT2D eigenvalue weighted by Crippen LogP contribution is -2.28. The number of carbonyl (C=O) groups is 1. The van der Waals surface area contributed by atoms with Crippen LogP contribution in [0.4, 0.5) is 0 Å². The van der Waals surface area contributed by atoms with Crippen LogP contribution in [0.5, 0.6) is 23.1 Å². The molecule has 34 heavy (non-hydrogen) atoms. The molecule has 4 rings (SSSR count). The van der Waals surface area contributed by atoms with Crippen molar-refractivity contribution in [3.63, 3.8) is 0 Å². The van der Waals surface area contributed by atoms with E-state index in [1.165, 1.54) is 6.07 Å². The number of carbonyl (C=O) groups excluding carboxylic acids is 1. The monoisotopic (exact) mass is 483 g/mol. The molecule has 0 radical (unpaired) electrons. The summed E-state index contributed by atoms with van der Waals surface area (Å²) in [5.74, 6) is 1.30. The van der Waals surface area contributed by atoms with E-state index in [4.69, 9.17) is 9.47 Å². The van der Waals surface area contributed by atoms with E-state index >= 15 is 0 Å². The van der Waals surface area contributed by atoms with Crippen molar-refractivity contribution in [2.75, 3.05) is 6.61 Å². The molecule has 1 unspecified atom stereocenters. The lowest BCUT2D eigenvalue weighted by Gasteiger charge is -2.28. The summed E-state index contributed by atoms with van der Waals surface area (Å²) in [5, 5.41) is 20.0. The predicted molar refractivity (Wildman–Crippen MR) is 131 cm³/mol. The molecule has 0 bridgehead atoms. The lowest BCUT2D eigenvalue weighted by atomic mass is 9.84. The number of phenolic OH excluding ortho intramolecular Hbond substituents is 1. The topological polar surface area (TPSA) is 109 Å². The molecule has 0 amide bonds. The number of fused-ring (bicyclic) bond motifs is 1. The van der Waals surface area contributed by atoms with E-state index in [1.54, 1.807) is 6.07 Å². The minimum atomic E-state index is -0.271. The van der Waals surface area contributed by atoms with Crippen molar-refractivity contribution in [2.24, 2.45) is 0 Å². The molecule has 7 nitrogen and oxygen atoms in total. The molecule has 0 saturated heterocycles. The first-order valence-corrected chi connectivity index (χ1v) is 12.1. The minimum Gasteiger partial charge on any atom is -0.508 e. The smallest absolute Gasteiger partial charge is 0.307 e. The number of hydrogen-bond donors (Lipinski definition) is 3. The fraction of sp³-hybridized carbons (Fsp3) is 0.385. The van der Waals surface area contributed by atoms with E-state index in [2.05, 4.69) is 4.98 Å². The van der Waals surface area contributed by atoms with E-state index < -0.39 is 0 Å². The molecular weight excluding hydrogens is 454 g/mol. The average Bonchev–Trinajstić information content (AvgIpc) is 3.08. The number of thiazole rings is 1. The third-order valence-electron chi connectivity index (χ3n) is 5.84. The number of aromatic hydroxyl groups is 2. The molecule has 0 aliphatic carbocycles.